The number of guanidine groups is 1. The molecule has 42 heavy (non-hydrogen) atoms. The molecule has 2 aromatic carbocycles. The summed E-state index contributed by atoms with van der Waals surface area (Å²) >= 11 is 6.24. The van der Waals surface area contributed by atoms with Crippen LogP contribution in [0, 0.1) is 17.1 Å². The lowest BCUT2D eigenvalue weighted by molar-refractivity contribution is 0.477. The van der Waals surface area contributed by atoms with Gasteiger partial charge in [0.2, 0.25) is 0 Å². The highest BCUT2D eigenvalue weighted by molar-refractivity contribution is 6.31. The van der Waals surface area contributed by atoms with Gasteiger partial charge >= 0.3 is 5.69 Å². The first-order valence-corrected chi connectivity index (χ1v) is 14.8. The summed E-state index contributed by atoms with van der Waals surface area (Å²) in [6.07, 6.45) is 7.46. The first kappa shape index (κ1) is 29.8. The first-order chi connectivity index (χ1) is 20.2. The molecular formula is C31H38ClFN8O. The van der Waals surface area contributed by atoms with E-state index in [9.17, 15) is 4.79 Å². The third-order valence-electron chi connectivity index (χ3n) is 7.72. The van der Waals surface area contributed by atoms with E-state index in [0.717, 1.165) is 43.4 Å². The Balaban J connectivity index is 1.27. The molecule has 0 saturated heterocycles. The summed E-state index contributed by atoms with van der Waals surface area (Å²) in [5.74, 6) is 0.111. The predicted octanol–water partition coefficient (Wildman–Crippen LogP) is 4.58. The van der Waals surface area contributed by atoms with Crippen molar-refractivity contribution < 1.29 is 4.39 Å². The Morgan fingerprint density at radius 3 is 2.67 bits per heavy atom. The van der Waals surface area contributed by atoms with E-state index < -0.39 is 11.5 Å². The Morgan fingerprint density at radius 1 is 1.21 bits per heavy atom. The number of hydrogen-bond acceptors (Lipinski definition) is 5. The second-order valence-corrected chi connectivity index (χ2v) is 11.7. The van der Waals surface area contributed by atoms with Gasteiger partial charge in [-0.2, -0.15) is 4.98 Å². The predicted molar refractivity (Wildman–Crippen MR) is 167 cm³/mol. The second kappa shape index (κ2) is 13.1. The maximum absolute atomic E-state index is 15.1. The summed E-state index contributed by atoms with van der Waals surface area (Å²) in [5.41, 5.74) is 14.9. The lowest BCUT2D eigenvalue weighted by atomic mass is 10.0. The number of H-pyrrole nitrogens is 1. The van der Waals surface area contributed by atoms with E-state index in [2.05, 4.69) is 20.6 Å². The van der Waals surface area contributed by atoms with Crippen LogP contribution in [0.2, 0.25) is 5.02 Å². The summed E-state index contributed by atoms with van der Waals surface area (Å²) in [7, 11) is 0. The number of nitrogens with one attached hydrogen (secondary N) is 4. The molecular weight excluding hydrogens is 555 g/mol. The Labute approximate surface area is 249 Å². The molecule has 0 bridgehead atoms. The van der Waals surface area contributed by atoms with Crippen molar-refractivity contribution in [2.24, 2.45) is 17.4 Å². The minimum Gasteiger partial charge on any atom is -0.370 e. The summed E-state index contributed by atoms with van der Waals surface area (Å²) in [4.78, 5) is 20.2. The van der Waals surface area contributed by atoms with Crippen LogP contribution in [-0.4, -0.2) is 39.1 Å². The van der Waals surface area contributed by atoms with Crippen LogP contribution in [0.5, 0.6) is 0 Å². The molecule has 5 rings (SSSR count). The Kier molecular flexibility index (Phi) is 9.25. The number of nitrogens with zero attached hydrogens (tertiary/aromatic N) is 2. The van der Waals surface area contributed by atoms with E-state index in [1.165, 1.54) is 17.4 Å². The fraction of sp³-hybridized carbons (Fsp3) is 0.387. The smallest absolute Gasteiger partial charge is 0.354 e. The molecule has 11 heteroatoms. The van der Waals surface area contributed by atoms with Crippen LogP contribution in [0.15, 0.2) is 53.5 Å². The standard InChI is InChI=1S/C31H38ClFN8O/c1-18(34)3-2-4-20-13-24(28(33)25(32)14-20)27-15-22-17-41(31(42)40-29(22)38-27)23-9-5-19(6-10-23)16-37-12-11-26(21-7-8-21)39-30(35)36/h5-6,9-10,13-15,17-18,21,26,37H,2-4,7-8,11-12,16,34H2,1H3,(H4,35,36,39)(H,38,40,42)/t18-,26?/m0/s1. The fourth-order valence-corrected chi connectivity index (χ4v) is 5.57. The van der Waals surface area contributed by atoms with Gasteiger partial charge in [0.25, 0.3) is 0 Å². The zero-order valence-corrected chi connectivity index (χ0v) is 24.5. The molecule has 0 amide bonds. The van der Waals surface area contributed by atoms with Crippen LogP contribution in [0.4, 0.5) is 4.39 Å². The fourth-order valence-electron chi connectivity index (χ4n) is 5.33. The van der Waals surface area contributed by atoms with Gasteiger partial charge in [-0.15, -0.1) is 0 Å². The van der Waals surface area contributed by atoms with Crippen LogP contribution in [0.1, 0.15) is 50.2 Å². The van der Waals surface area contributed by atoms with Gasteiger partial charge in [0.05, 0.1) is 16.4 Å². The molecule has 2 atom stereocenters. The molecule has 9 nitrogen and oxygen atoms in total. The average Bonchev–Trinajstić information content (AvgIpc) is 3.71. The van der Waals surface area contributed by atoms with Crippen molar-refractivity contribution in [2.75, 3.05) is 6.54 Å². The summed E-state index contributed by atoms with van der Waals surface area (Å²) < 4.78 is 16.5. The summed E-state index contributed by atoms with van der Waals surface area (Å²) in [6.45, 7) is 3.45. The van der Waals surface area contributed by atoms with E-state index in [4.69, 9.17) is 28.5 Å². The number of hydrogen-bond donors (Lipinski definition) is 6. The van der Waals surface area contributed by atoms with Gasteiger partial charge in [-0.05, 0) is 99.4 Å². The molecule has 1 aliphatic carbocycles. The molecule has 1 saturated carbocycles. The van der Waals surface area contributed by atoms with Gasteiger partial charge in [0.15, 0.2) is 11.8 Å². The summed E-state index contributed by atoms with van der Waals surface area (Å²) in [6, 6.07) is 13.3. The van der Waals surface area contributed by atoms with Gasteiger partial charge in [-0.1, -0.05) is 23.7 Å². The highest BCUT2D eigenvalue weighted by Gasteiger charge is 2.30. The van der Waals surface area contributed by atoms with Gasteiger partial charge in [-0.3, -0.25) is 9.98 Å². The molecule has 0 aliphatic heterocycles. The van der Waals surface area contributed by atoms with Crippen molar-refractivity contribution in [3.63, 3.8) is 0 Å². The molecule has 2 heterocycles. The molecule has 8 N–H and O–H groups in total. The number of aromatic amines is 1. The number of nitrogens with two attached hydrogens (primary N) is 2. The van der Waals surface area contributed by atoms with Gasteiger partial charge < -0.3 is 27.1 Å². The molecule has 1 unspecified atom stereocenters. The normalized spacial score (nSPS) is 14.7. The Hall–Kier alpha value is -3.73. The number of fused-ring (bicyclic) bond motifs is 1. The minimum absolute atomic E-state index is 0.0239. The second-order valence-electron chi connectivity index (χ2n) is 11.3. The van der Waals surface area contributed by atoms with Gasteiger partial charge in [0.1, 0.15) is 5.65 Å². The monoisotopic (exact) mass is 592 g/mol. The quantitative estimate of drug-likeness (QED) is 0.0759. The van der Waals surface area contributed by atoms with E-state index >= 15 is 4.39 Å². The van der Waals surface area contributed by atoms with Gasteiger partial charge in [-0.25, -0.2) is 9.18 Å². The van der Waals surface area contributed by atoms with E-state index in [0.29, 0.717) is 40.4 Å². The lowest BCUT2D eigenvalue weighted by Crippen LogP contribution is -2.42. The third kappa shape index (κ3) is 7.36. The van der Waals surface area contributed by atoms with Crippen LogP contribution in [-0.2, 0) is 13.0 Å². The van der Waals surface area contributed by atoms with Crippen LogP contribution < -0.4 is 27.8 Å². The van der Waals surface area contributed by atoms with E-state index in [1.54, 1.807) is 24.4 Å². The van der Waals surface area contributed by atoms with Crippen molar-refractivity contribution in [1.29, 1.82) is 5.41 Å². The number of halogens is 2. The zero-order valence-electron chi connectivity index (χ0n) is 23.7. The van der Waals surface area contributed by atoms with Crippen molar-refractivity contribution in [3.8, 4) is 16.9 Å². The Morgan fingerprint density at radius 2 is 1.98 bits per heavy atom. The van der Waals surface area contributed by atoms with E-state index in [-0.39, 0.29) is 23.1 Å². The third-order valence-corrected chi connectivity index (χ3v) is 7.99. The largest absolute Gasteiger partial charge is 0.370 e. The molecule has 222 valence electrons. The maximum Gasteiger partial charge on any atom is 0.354 e. The molecule has 0 radical (unpaired) electrons. The minimum atomic E-state index is -0.517. The average molecular weight is 593 g/mol. The van der Waals surface area contributed by atoms with Crippen LogP contribution in [0.25, 0.3) is 28.0 Å². The molecule has 0 spiro atoms. The maximum atomic E-state index is 15.1. The van der Waals surface area contributed by atoms with Crippen molar-refractivity contribution >= 4 is 28.6 Å². The summed E-state index contributed by atoms with van der Waals surface area (Å²) in [5, 5.41) is 14.7. The number of benzene rings is 2. The number of aryl methyl sites for hydroxylation is 1. The molecule has 1 aliphatic rings. The topological polar surface area (TPSA) is 151 Å². The van der Waals surface area contributed by atoms with Crippen LogP contribution in [0.3, 0.4) is 0 Å². The molecule has 4 aromatic rings. The first-order valence-electron chi connectivity index (χ1n) is 14.4. The van der Waals surface area contributed by atoms with Crippen molar-refractivity contribution in [1.82, 2.24) is 25.2 Å². The van der Waals surface area contributed by atoms with E-state index in [1.807, 2.05) is 31.2 Å². The van der Waals surface area contributed by atoms with Gasteiger partial charge in [0, 0.05) is 35.8 Å². The van der Waals surface area contributed by atoms with Crippen molar-refractivity contribution in [3.05, 3.63) is 81.1 Å². The van der Waals surface area contributed by atoms with Crippen molar-refractivity contribution in [2.45, 2.75) is 64.1 Å². The van der Waals surface area contributed by atoms with Crippen LogP contribution >= 0.6 is 11.6 Å². The highest BCUT2D eigenvalue weighted by Crippen LogP contribution is 2.34. The highest BCUT2D eigenvalue weighted by atomic mass is 35.5. The molecule has 2 aromatic heterocycles. The zero-order chi connectivity index (χ0) is 29.8. The Bertz CT molecular complexity index is 1610. The number of aromatic nitrogens is 3. The number of rotatable bonds is 13. The molecule has 1 fully saturated rings. The lowest BCUT2D eigenvalue weighted by Gasteiger charge is -2.18. The SMILES string of the molecule is C[C@H](N)CCCc1cc(Cl)c(F)c(-c2cc3cn(-c4ccc(CNCCC(NC(=N)N)C5CC5)cc4)c(=O)nc3[nH]2)c1.